The van der Waals surface area contributed by atoms with Crippen LogP contribution in [0, 0.1) is 0 Å². The van der Waals surface area contributed by atoms with Gasteiger partial charge in [0.05, 0.1) is 19.9 Å². The molecule has 0 saturated carbocycles. The van der Waals surface area contributed by atoms with E-state index < -0.39 is 0 Å². The van der Waals surface area contributed by atoms with Gasteiger partial charge in [0, 0.05) is 11.3 Å². The van der Waals surface area contributed by atoms with Gasteiger partial charge in [-0.2, -0.15) is 5.10 Å². The number of ether oxygens (including phenoxy) is 2. The third kappa shape index (κ3) is 5.69. The number of rotatable bonds is 7. The highest BCUT2D eigenvalue weighted by molar-refractivity contribution is 7.80. The Morgan fingerprint density at radius 1 is 1.04 bits per heavy atom. The number of thiocarbonyl (C=S) groups is 1. The molecule has 0 radical (unpaired) electrons. The zero-order valence-corrected chi connectivity index (χ0v) is 17.3. The van der Waals surface area contributed by atoms with Crippen LogP contribution in [0.3, 0.4) is 0 Å². The van der Waals surface area contributed by atoms with Gasteiger partial charge in [-0.3, -0.25) is 5.43 Å². The first-order valence-corrected chi connectivity index (χ1v) is 9.35. The molecule has 2 aromatic carbocycles. The Morgan fingerprint density at radius 2 is 1.70 bits per heavy atom. The van der Waals surface area contributed by atoms with Gasteiger partial charge < -0.3 is 14.8 Å². The first-order chi connectivity index (χ1) is 13.0. The fourth-order valence-corrected chi connectivity index (χ4v) is 2.76. The molecule has 27 heavy (non-hydrogen) atoms. The van der Waals surface area contributed by atoms with Gasteiger partial charge >= 0.3 is 0 Å². The van der Waals surface area contributed by atoms with Crippen molar-refractivity contribution in [1.29, 1.82) is 0 Å². The van der Waals surface area contributed by atoms with Crippen molar-refractivity contribution in [3.8, 4) is 11.5 Å². The SMILES string of the molecule is CC/C(=N\NC(=S)Nc1ccc(C(C)C)cc1)c1ccc(OC)c(OC)c1. The third-order valence-electron chi connectivity index (χ3n) is 4.18. The Kier molecular flexibility index (Phi) is 7.61. The van der Waals surface area contributed by atoms with Crippen molar-refractivity contribution in [3.63, 3.8) is 0 Å². The molecule has 0 saturated heterocycles. The fraction of sp³-hybridized carbons (Fsp3) is 0.333. The molecular weight excluding hydrogens is 358 g/mol. The minimum atomic E-state index is 0.443. The van der Waals surface area contributed by atoms with E-state index in [0.717, 1.165) is 23.4 Å². The molecule has 0 amide bonds. The Balaban J connectivity index is 2.06. The van der Waals surface area contributed by atoms with Crippen molar-refractivity contribution < 1.29 is 9.47 Å². The molecular formula is C21H27N3O2S. The average molecular weight is 386 g/mol. The molecule has 0 bridgehead atoms. The van der Waals surface area contributed by atoms with Crippen molar-refractivity contribution in [3.05, 3.63) is 53.6 Å². The number of benzene rings is 2. The minimum absolute atomic E-state index is 0.443. The van der Waals surface area contributed by atoms with Crippen LogP contribution in [0.4, 0.5) is 5.69 Å². The number of hydrogen-bond acceptors (Lipinski definition) is 4. The summed E-state index contributed by atoms with van der Waals surface area (Å²) in [7, 11) is 3.23. The molecule has 6 heteroatoms. The summed E-state index contributed by atoms with van der Waals surface area (Å²) in [6.45, 7) is 6.38. The molecule has 0 aromatic heterocycles. The van der Waals surface area contributed by atoms with E-state index in [1.54, 1.807) is 14.2 Å². The molecule has 0 fully saturated rings. The van der Waals surface area contributed by atoms with Crippen LogP contribution in [0.25, 0.3) is 0 Å². The Labute approximate surface area is 166 Å². The van der Waals surface area contributed by atoms with Gasteiger partial charge in [0.2, 0.25) is 0 Å². The van der Waals surface area contributed by atoms with E-state index in [4.69, 9.17) is 21.7 Å². The Morgan fingerprint density at radius 3 is 2.26 bits per heavy atom. The van der Waals surface area contributed by atoms with Crippen molar-refractivity contribution in [2.24, 2.45) is 5.10 Å². The monoisotopic (exact) mass is 385 g/mol. The van der Waals surface area contributed by atoms with Gasteiger partial charge in [-0.15, -0.1) is 0 Å². The molecule has 0 heterocycles. The highest BCUT2D eigenvalue weighted by Gasteiger charge is 2.09. The first kappa shape index (κ1) is 20.7. The van der Waals surface area contributed by atoms with Crippen molar-refractivity contribution in [2.75, 3.05) is 19.5 Å². The summed E-state index contributed by atoms with van der Waals surface area (Å²) in [6, 6.07) is 14.0. The fourth-order valence-electron chi connectivity index (χ4n) is 2.59. The molecule has 0 spiro atoms. The predicted molar refractivity (Wildman–Crippen MR) is 116 cm³/mol. The molecule has 2 N–H and O–H groups in total. The molecule has 0 aliphatic rings. The maximum absolute atomic E-state index is 5.36. The quantitative estimate of drug-likeness (QED) is 0.402. The van der Waals surface area contributed by atoms with E-state index in [0.29, 0.717) is 22.5 Å². The molecule has 0 unspecified atom stereocenters. The van der Waals surface area contributed by atoms with E-state index in [9.17, 15) is 0 Å². The number of methoxy groups -OCH3 is 2. The van der Waals surface area contributed by atoms with Crippen LogP contribution in [-0.2, 0) is 0 Å². The second kappa shape index (κ2) is 9.92. The van der Waals surface area contributed by atoms with E-state index in [1.165, 1.54) is 5.56 Å². The number of hydrogen-bond donors (Lipinski definition) is 2. The summed E-state index contributed by atoms with van der Waals surface area (Å²) in [6.07, 6.45) is 0.744. The van der Waals surface area contributed by atoms with Crippen LogP contribution >= 0.6 is 12.2 Å². The van der Waals surface area contributed by atoms with Crippen molar-refractivity contribution in [2.45, 2.75) is 33.1 Å². The van der Waals surface area contributed by atoms with E-state index in [1.807, 2.05) is 37.3 Å². The van der Waals surface area contributed by atoms with Gasteiger partial charge in [-0.1, -0.05) is 32.9 Å². The molecule has 0 aliphatic heterocycles. The maximum Gasteiger partial charge on any atom is 0.191 e. The molecule has 0 atom stereocenters. The minimum Gasteiger partial charge on any atom is -0.493 e. The van der Waals surface area contributed by atoms with Crippen LogP contribution < -0.4 is 20.2 Å². The largest absolute Gasteiger partial charge is 0.493 e. The van der Waals surface area contributed by atoms with Crippen molar-refractivity contribution >= 4 is 28.7 Å². The highest BCUT2D eigenvalue weighted by atomic mass is 32.1. The van der Waals surface area contributed by atoms with Gasteiger partial charge in [-0.25, -0.2) is 0 Å². The molecule has 2 rings (SSSR count). The summed E-state index contributed by atoms with van der Waals surface area (Å²) < 4.78 is 10.6. The summed E-state index contributed by atoms with van der Waals surface area (Å²) in [4.78, 5) is 0. The van der Waals surface area contributed by atoms with Crippen LogP contribution in [0.1, 0.15) is 44.2 Å². The molecule has 5 nitrogen and oxygen atoms in total. The number of nitrogens with zero attached hydrogens (tertiary/aromatic N) is 1. The van der Waals surface area contributed by atoms with E-state index in [-0.39, 0.29) is 0 Å². The molecule has 144 valence electrons. The van der Waals surface area contributed by atoms with Gasteiger partial charge in [0.15, 0.2) is 16.6 Å². The lowest BCUT2D eigenvalue weighted by Crippen LogP contribution is -2.25. The lowest BCUT2D eigenvalue weighted by molar-refractivity contribution is 0.355. The van der Waals surface area contributed by atoms with E-state index >= 15 is 0 Å². The van der Waals surface area contributed by atoms with Crippen LogP contribution in [0.15, 0.2) is 47.6 Å². The zero-order valence-electron chi connectivity index (χ0n) is 16.5. The topological polar surface area (TPSA) is 54.9 Å². The lowest BCUT2D eigenvalue weighted by Gasteiger charge is -2.12. The van der Waals surface area contributed by atoms with Gasteiger partial charge in [0.25, 0.3) is 0 Å². The summed E-state index contributed by atoms with van der Waals surface area (Å²) in [5.41, 5.74) is 6.96. The second-order valence-corrected chi connectivity index (χ2v) is 6.73. The standard InChI is InChI=1S/C21H27N3O2S/c1-6-18(16-9-12-19(25-4)20(13-16)26-5)23-24-21(27)22-17-10-7-15(8-11-17)14(2)3/h7-14H,6H2,1-5H3,(H2,22,24,27)/b23-18+. The summed E-state index contributed by atoms with van der Waals surface area (Å²) in [5, 5.41) is 8.04. The zero-order chi connectivity index (χ0) is 19.8. The number of anilines is 1. The van der Waals surface area contributed by atoms with Crippen LogP contribution in [0.5, 0.6) is 11.5 Å². The third-order valence-corrected chi connectivity index (χ3v) is 4.37. The average Bonchev–Trinajstić information content (AvgIpc) is 2.68. The van der Waals surface area contributed by atoms with Gasteiger partial charge in [-0.05, 0) is 60.5 Å². The highest BCUT2D eigenvalue weighted by Crippen LogP contribution is 2.28. The Hall–Kier alpha value is -2.60. The number of nitrogens with one attached hydrogen (secondary N) is 2. The summed E-state index contributed by atoms with van der Waals surface area (Å²) in [5.74, 6) is 1.86. The van der Waals surface area contributed by atoms with Crippen molar-refractivity contribution in [1.82, 2.24) is 5.43 Å². The van der Waals surface area contributed by atoms with Crippen LogP contribution in [0.2, 0.25) is 0 Å². The second-order valence-electron chi connectivity index (χ2n) is 6.32. The lowest BCUT2D eigenvalue weighted by atomic mass is 10.0. The van der Waals surface area contributed by atoms with Crippen LogP contribution in [-0.4, -0.2) is 25.0 Å². The molecule has 0 aliphatic carbocycles. The van der Waals surface area contributed by atoms with E-state index in [2.05, 4.69) is 41.8 Å². The smallest absolute Gasteiger partial charge is 0.191 e. The Bertz CT molecular complexity index is 802. The first-order valence-electron chi connectivity index (χ1n) is 8.94. The molecule has 2 aromatic rings. The number of hydrazone groups is 1. The summed E-state index contributed by atoms with van der Waals surface area (Å²) >= 11 is 5.35. The maximum atomic E-state index is 5.36. The normalized spacial score (nSPS) is 11.3. The predicted octanol–water partition coefficient (Wildman–Crippen LogP) is 4.93. The van der Waals surface area contributed by atoms with Gasteiger partial charge in [0.1, 0.15) is 0 Å².